The highest BCUT2D eigenvalue weighted by Crippen LogP contribution is 2.46. The van der Waals surface area contributed by atoms with Crippen LogP contribution >= 0.6 is 0 Å². The van der Waals surface area contributed by atoms with Gasteiger partial charge in [-0.05, 0) is 73.6 Å². The largest absolute Gasteiger partial charge is 0.481 e. The molecule has 2 aromatic carbocycles. The monoisotopic (exact) mass is 581 g/mol. The fraction of sp³-hybridized carbons (Fsp3) is 0.382. The number of likely N-dealkylation sites (N-methyl/N-ethyl adjacent to an activating group) is 1. The van der Waals surface area contributed by atoms with Gasteiger partial charge in [-0.25, -0.2) is 9.78 Å². The zero-order chi connectivity index (χ0) is 30.6. The number of carbonyl (C=O) groups excluding carboxylic acids is 2. The number of hydrogen-bond acceptors (Lipinski definition) is 6. The van der Waals surface area contributed by atoms with Crippen LogP contribution in [0.15, 0.2) is 54.2 Å². The molecule has 0 bridgehead atoms. The third-order valence-corrected chi connectivity index (χ3v) is 9.01. The van der Waals surface area contributed by atoms with Gasteiger partial charge in [0.1, 0.15) is 0 Å². The number of rotatable bonds is 6. The minimum Gasteiger partial charge on any atom is -0.481 e. The fourth-order valence-corrected chi connectivity index (χ4v) is 6.81. The molecule has 43 heavy (non-hydrogen) atoms. The molecule has 0 saturated carbocycles. The average Bonchev–Trinajstić information content (AvgIpc) is 3.39. The van der Waals surface area contributed by atoms with E-state index in [4.69, 9.17) is 9.72 Å². The fourth-order valence-electron chi connectivity index (χ4n) is 6.81. The Hall–Kier alpha value is -4.21. The Morgan fingerprint density at radius 2 is 1.74 bits per heavy atom. The summed E-state index contributed by atoms with van der Waals surface area (Å²) >= 11 is 0. The van der Waals surface area contributed by atoms with Gasteiger partial charge in [0.2, 0.25) is 5.88 Å². The number of benzene rings is 2. The minimum absolute atomic E-state index is 0.147. The second-order valence-electron chi connectivity index (χ2n) is 12.4. The van der Waals surface area contributed by atoms with Gasteiger partial charge in [0.25, 0.3) is 5.91 Å². The Balaban J connectivity index is 1.30. The van der Waals surface area contributed by atoms with Crippen LogP contribution in [0.25, 0.3) is 22.4 Å². The highest BCUT2D eigenvalue weighted by atomic mass is 16.5. The minimum atomic E-state index is -0.625. The number of methoxy groups -OCH3 is 1. The molecular weight excluding hydrogens is 542 g/mol. The lowest BCUT2D eigenvalue weighted by molar-refractivity contribution is -0.113. The average molecular weight is 582 g/mol. The Kier molecular flexibility index (Phi) is 7.26. The van der Waals surface area contributed by atoms with E-state index in [-0.39, 0.29) is 24.5 Å². The SMILES string of the molecule is COc1nc(-c2cccc(-c3cccc(NC(=O)C4=CN(C)C(=O)N(C)C4)c3C)c2C)cc2c1C(N1CC(C)(O)C1)CC2. The highest BCUT2D eigenvalue weighted by molar-refractivity contribution is 6.06. The molecule has 3 amide bonds. The zero-order valence-electron chi connectivity index (χ0n) is 25.7. The van der Waals surface area contributed by atoms with Crippen molar-refractivity contribution in [3.8, 4) is 28.3 Å². The summed E-state index contributed by atoms with van der Waals surface area (Å²) in [5, 5.41) is 13.4. The number of fused-ring (bicyclic) bond motifs is 1. The first-order valence-corrected chi connectivity index (χ1v) is 14.7. The van der Waals surface area contributed by atoms with E-state index in [0.29, 0.717) is 24.5 Å². The number of nitrogens with one attached hydrogen (secondary N) is 1. The van der Waals surface area contributed by atoms with E-state index in [1.165, 1.54) is 15.4 Å². The highest BCUT2D eigenvalue weighted by Gasteiger charge is 2.44. The predicted octanol–water partition coefficient (Wildman–Crippen LogP) is 4.91. The second-order valence-corrected chi connectivity index (χ2v) is 12.4. The topological polar surface area (TPSA) is 98.2 Å². The van der Waals surface area contributed by atoms with Crippen LogP contribution in [-0.4, -0.2) is 83.2 Å². The van der Waals surface area contributed by atoms with Crippen LogP contribution < -0.4 is 10.1 Å². The molecule has 2 aliphatic heterocycles. The molecule has 9 heteroatoms. The molecule has 1 aromatic heterocycles. The van der Waals surface area contributed by atoms with Crippen LogP contribution in [0, 0.1) is 13.8 Å². The summed E-state index contributed by atoms with van der Waals surface area (Å²) in [5.41, 5.74) is 9.06. The number of carbonyl (C=O) groups is 2. The molecule has 6 rings (SSSR count). The lowest BCUT2D eigenvalue weighted by Gasteiger charge is -2.47. The number of anilines is 1. The molecule has 9 nitrogen and oxygen atoms in total. The van der Waals surface area contributed by atoms with E-state index in [2.05, 4.69) is 41.4 Å². The smallest absolute Gasteiger partial charge is 0.323 e. The first-order chi connectivity index (χ1) is 20.5. The number of nitrogens with zero attached hydrogens (tertiary/aromatic N) is 4. The summed E-state index contributed by atoms with van der Waals surface area (Å²) in [7, 11) is 5.01. The van der Waals surface area contributed by atoms with Crippen molar-refractivity contribution in [1.29, 1.82) is 0 Å². The van der Waals surface area contributed by atoms with Gasteiger partial charge in [0.05, 0.1) is 30.5 Å². The Bertz CT molecular complexity index is 1650. The predicted molar refractivity (Wildman–Crippen MR) is 167 cm³/mol. The van der Waals surface area contributed by atoms with Crippen molar-refractivity contribution in [2.45, 2.75) is 45.3 Å². The molecule has 1 aliphatic carbocycles. The van der Waals surface area contributed by atoms with Gasteiger partial charge in [-0.15, -0.1) is 0 Å². The zero-order valence-corrected chi connectivity index (χ0v) is 25.7. The number of hydrogen-bond donors (Lipinski definition) is 2. The van der Waals surface area contributed by atoms with Crippen LogP contribution in [0.1, 0.15) is 41.6 Å². The van der Waals surface area contributed by atoms with E-state index in [1.54, 1.807) is 27.4 Å². The molecular formula is C34H39N5O4. The molecule has 224 valence electrons. The van der Waals surface area contributed by atoms with Gasteiger partial charge in [0.15, 0.2) is 0 Å². The van der Waals surface area contributed by atoms with Crippen LogP contribution in [0.2, 0.25) is 0 Å². The number of aryl methyl sites for hydroxylation is 1. The molecule has 1 unspecified atom stereocenters. The van der Waals surface area contributed by atoms with E-state index in [9.17, 15) is 14.7 Å². The molecule has 3 heterocycles. The van der Waals surface area contributed by atoms with Gasteiger partial charge >= 0.3 is 6.03 Å². The normalized spacial score (nSPS) is 19.6. The van der Waals surface area contributed by atoms with Crippen molar-refractivity contribution in [3.05, 3.63) is 76.5 Å². The quantitative estimate of drug-likeness (QED) is 0.429. The van der Waals surface area contributed by atoms with Crippen LogP contribution in [0.5, 0.6) is 5.88 Å². The van der Waals surface area contributed by atoms with Gasteiger partial charge in [-0.3, -0.25) is 9.69 Å². The van der Waals surface area contributed by atoms with Gasteiger partial charge in [-0.1, -0.05) is 30.3 Å². The first kappa shape index (κ1) is 28.9. The molecule has 1 saturated heterocycles. The van der Waals surface area contributed by atoms with Gasteiger partial charge < -0.3 is 25.0 Å². The molecule has 3 aliphatic rings. The van der Waals surface area contributed by atoms with E-state index in [1.807, 2.05) is 32.0 Å². The number of ether oxygens (including phenoxy) is 1. The van der Waals surface area contributed by atoms with Crippen LogP contribution in [-0.2, 0) is 11.2 Å². The Morgan fingerprint density at radius 1 is 1.07 bits per heavy atom. The molecule has 0 spiro atoms. The van der Waals surface area contributed by atoms with Crippen LogP contribution in [0.4, 0.5) is 10.5 Å². The summed E-state index contributed by atoms with van der Waals surface area (Å²) in [6.07, 6.45) is 3.53. The lowest BCUT2D eigenvalue weighted by Crippen LogP contribution is -2.60. The standard InChI is InChI=1S/C34H39N5O4/c1-20-24(25-10-8-12-27(21(25)2)35-31(40)23-16-37(4)33(41)38(5)17-23)9-7-11-26(20)28-15-22-13-14-29(30(22)32(36-28)43-6)39-18-34(3,42)19-39/h7-12,15-16,29,42H,13-14,17-19H2,1-6H3,(H,35,40). The van der Waals surface area contributed by atoms with Crippen LogP contribution in [0.3, 0.4) is 0 Å². The molecule has 1 fully saturated rings. The van der Waals surface area contributed by atoms with Crippen molar-refractivity contribution in [3.63, 3.8) is 0 Å². The lowest BCUT2D eigenvalue weighted by atomic mass is 9.91. The maximum Gasteiger partial charge on any atom is 0.323 e. The van der Waals surface area contributed by atoms with Gasteiger partial charge in [-0.2, -0.15) is 0 Å². The third kappa shape index (κ3) is 5.17. The van der Waals surface area contributed by atoms with E-state index in [0.717, 1.165) is 57.6 Å². The van der Waals surface area contributed by atoms with Gasteiger partial charge in [0, 0.05) is 56.2 Å². The first-order valence-electron chi connectivity index (χ1n) is 14.7. The summed E-state index contributed by atoms with van der Waals surface area (Å²) in [5.74, 6) is 0.425. The Morgan fingerprint density at radius 3 is 2.42 bits per heavy atom. The molecule has 3 aromatic rings. The molecule has 1 atom stereocenters. The van der Waals surface area contributed by atoms with Crippen molar-refractivity contribution < 1.29 is 19.4 Å². The number of aliphatic hydroxyl groups is 1. The van der Waals surface area contributed by atoms with Crippen molar-refractivity contribution in [2.75, 3.05) is 46.2 Å². The second kappa shape index (κ2) is 10.8. The maximum atomic E-state index is 13.2. The van der Waals surface area contributed by atoms with Crippen molar-refractivity contribution >= 4 is 17.6 Å². The number of pyridine rings is 1. The number of β-amino-alcohol motifs (C(OH)–C–C–N with tert-alkyl or cyclic N) is 1. The number of aromatic nitrogens is 1. The Labute approximate surface area is 252 Å². The summed E-state index contributed by atoms with van der Waals surface area (Å²) in [6, 6.07) is 14.4. The maximum absolute atomic E-state index is 13.2. The molecule has 2 N–H and O–H groups in total. The van der Waals surface area contributed by atoms with E-state index < -0.39 is 5.60 Å². The summed E-state index contributed by atoms with van der Waals surface area (Å²) in [6.45, 7) is 7.58. The third-order valence-electron chi connectivity index (χ3n) is 9.01. The van der Waals surface area contributed by atoms with Crippen molar-refractivity contribution in [2.24, 2.45) is 0 Å². The van der Waals surface area contributed by atoms with Crippen molar-refractivity contribution in [1.82, 2.24) is 19.7 Å². The summed E-state index contributed by atoms with van der Waals surface area (Å²) < 4.78 is 5.85. The number of urea groups is 1. The number of likely N-dealkylation sites (tertiary alicyclic amines) is 1. The number of amides is 3. The van der Waals surface area contributed by atoms with E-state index >= 15 is 0 Å². The summed E-state index contributed by atoms with van der Waals surface area (Å²) in [4.78, 5) is 35.5. The molecule has 0 radical (unpaired) electrons.